The molecule has 0 aromatic heterocycles. The van der Waals surface area contributed by atoms with Gasteiger partial charge in [0.25, 0.3) is 0 Å². The zero-order chi connectivity index (χ0) is 13.2. The summed E-state index contributed by atoms with van der Waals surface area (Å²) in [6.07, 6.45) is 0.365. The third-order valence-corrected chi connectivity index (χ3v) is 3.39. The molecule has 1 aliphatic rings. The largest absolute Gasteiger partial charge is 0.497 e. The fraction of sp³-hybridized carbons (Fsp3) is 0.188. The molecule has 1 unspecified atom stereocenters. The second-order valence-corrected chi connectivity index (χ2v) is 4.55. The maximum Gasteiger partial charge on any atom is 0.312 e. The number of hydrogen-bond donors (Lipinski definition) is 0. The van der Waals surface area contributed by atoms with Crippen molar-refractivity contribution in [1.29, 1.82) is 0 Å². The van der Waals surface area contributed by atoms with E-state index in [1.54, 1.807) is 7.11 Å². The van der Waals surface area contributed by atoms with Crippen LogP contribution in [-0.4, -0.2) is 13.1 Å². The Morgan fingerprint density at radius 1 is 1.16 bits per heavy atom. The molecule has 2 aromatic carbocycles. The molecule has 1 atom stereocenters. The van der Waals surface area contributed by atoms with E-state index in [2.05, 4.69) is 0 Å². The lowest BCUT2D eigenvalue weighted by Gasteiger charge is -2.24. The van der Waals surface area contributed by atoms with Gasteiger partial charge in [-0.2, -0.15) is 0 Å². The molecule has 0 saturated carbocycles. The normalized spacial score (nSPS) is 17.5. The van der Waals surface area contributed by atoms with Crippen molar-refractivity contribution in [1.82, 2.24) is 0 Å². The number of para-hydroxylation sites is 1. The second-order valence-electron chi connectivity index (χ2n) is 4.55. The summed E-state index contributed by atoms with van der Waals surface area (Å²) in [6, 6.07) is 15.5. The molecule has 0 radical (unpaired) electrons. The third kappa shape index (κ3) is 2.19. The van der Waals surface area contributed by atoms with E-state index in [1.165, 1.54) is 0 Å². The summed E-state index contributed by atoms with van der Waals surface area (Å²) in [5.41, 5.74) is 2.12. The summed E-state index contributed by atoms with van der Waals surface area (Å²) in [6.45, 7) is 0. The smallest absolute Gasteiger partial charge is 0.312 e. The van der Waals surface area contributed by atoms with Crippen LogP contribution < -0.4 is 9.47 Å². The fourth-order valence-corrected chi connectivity index (χ4v) is 2.46. The summed E-state index contributed by atoms with van der Waals surface area (Å²) < 4.78 is 10.5. The topological polar surface area (TPSA) is 35.5 Å². The molecular weight excluding hydrogens is 240 g/mol. The van der Waals surface area contributed by atoms with Crippen molar-refractivity contribution in [3.05, 3.63) is 59.7 Å². The monoisotopic (exact) mass is 254 g/mol. The Kier molecular flexibility index (Phi) is 2.95. The zero-order valence-electron chi connectivity index (χ0n) is 10.6. The van der Waals surface area contributed by atoms with Gasteiger partial charge in [-0.15, -0.1) is 0 Å². The quantitative estimate of drug-likeness (QED) is 0.610. The van der Waals surface area contributed by atoms with Gasteiger partial charge in [0.1, 0.15) is 11.5 Å². The van der Waals surface area contributed by atoms with E-state index in [0.717, 1.165) is 16.9 Å². The Balaban J connectivity index is 2.07. The first-order valence-corrected chi connectivity index (χ1v) is 6.21. The molecule has 96 valence electrons. The number of esters is 1. The summed E-state index contributed by atoms with van der Waals surface area (Å²) in [5, 5.41) is 0. The average Bonchev–Trinajstić information content (AvgIpc) is 2.46. The Labute approximate surface area is 111 Å². The molecule has 1 aliphatic heterocycles. The maximum absolute atomic E-state index is 11.7. The van der Waals surface area contributed by atoms with Crippen LogP contribution in [0.4, 0.5) is 0 Å². The van der Waals surface area contributed by atoms with Gasteiger partial charge >= 0.3 is 5.97 Å². The fourth-order valence-electron chi connectivity index (χ4n) is 2.46. The van der Waals surface area contributed by atoms with E-state index in [9.17, 15) is 4.79 Å². The highest BCUT2D eigenvalue weighted by Crippen LogP contribution is 2.39. The number of hydrogen-bond acceptors (Lipinski definition) is 3. The first-order chi connectivity index (χ1) is 9.28. The molecule has 0 N–H and O–H groups in total. The van der Waals surface area contributed by atoms with Crippen LogP contribution in [0.5, 0.6) is 11.5 Å². The molecule has 0 aliphatic carbocycles. The number of benzene rings is 2. The number of carbonyl (C=O) groups excluding carboxylic acids is 1. The van der Waals surface area contributed by atoms with E-state index in [-0.39, 0.29) is 11.9 Å². The zero-order valence-corrected chi connectivity index (χ0v) is 10.6. The van der Waals surface area contributed by atoms with Crippen molar-refractivity contribution < 1.29 is 14.3 Å². The van der Waals surface area contributed by atoms with Gasteiger partial charge in [-0.05, 0) is 23.8 Å². The Bertz CT molecular complexity index is 619. The van der Waals surface area contributed by atoms with Crippen LogP contribution in [0.1, 0.15) is 23.5 Å². The minimum absolute atomic E-state index is 0.0348. The highest BCUT2D eigenvalue weighted by atomic mass is 16.5. The first-order valence-electron chi connectivity index (χ1n) is 6.21. The van der Waals surface area contributed by atoms with Crippen LogP contribution in [-0.2, 0) is 4.79 Å². The lowest BCUT2D eigenvalue weighted by Crippen LogP contribution is -2.20. The number of fused-ring (bicyclic) bond motifs is 1. The number of methoxy groups -OCH3 is 1. The molecule has 0 fully saturated rings. The van der Waals surface area contributed by atoms with Crippen molar-refractivity contribution in [2.45, 2.75) is 12.3 Å². The van der Waals surface area contributed by atoms with Gasteiger partial charge in [-0.1, -0.05) is 30.3 Å². The molecule has 3 rings (SSSR count). The molecule has 0 amide bonds. The third-order valence-electron chi connectivity index (χ3n) is 3.39. The molecule has 19 heavy (non-hydrogen) atoms. The van der Waals surface area contributed by atoms with Crippen LogP contribution in [0, 0.1) is 0 Å². The van der Waals surface area contributed by atoms with Crippen LogP contribution in [0.15, 0.2) is 48.5 Å². The number of carbonyl (C=O) groups is 1. The molecule has 0 spiro atoms. The molecule has 1 heterocycles. The SMILES string of the molecule is COc1cccc(C2CC(=O)Oc3ccccc32)c1. The van der Waals surface area contributed by atoms with E-state index >= 15 is 0 Å². The number of ether oxygens (including phenoxy) is 2. The van der Waals surface area contributed by atoms with Crippen LogP contribution >= 0.6 is 0 Å². The van der Waals surface area contributed by atoms with Crippen molar-refractivity contribution >= 4 is 5.97 Å². The summed E-state index contributed by atoms with van der Waals surface area (Å²) in [5.74, 6) is 1.31. The van der Waals surface area contributed by atoms with Crippen molar-refractivity contribution in [3.8, 4) is 11.5 Å². The first kappa shape index (κ1) is 11.8. The molecular formula is C16H14O3. The molecule has 0 saturated heterocycles. The van der Waals surface area contributed by atoms with E-state index in [4.69, 9.17) is 9.47 Å². The van der Waals surface area contributed by atoms with Gasteiger partial charge in [0.05, 0.1) is 13.5 Å². The second kappa shape index (κ2) is 4.76. The van der Waals surface area contributed by atoms with Gasteiger partial charge in [0.15, 0.2) is 0 Å². The molecule has 3 heteroatoms. The van der Waals surface area contributed by atoms with Gasteiger partial charge in [0.2, 0.25) is 0 Å². The predicted molar refractivity (Wildman–Crippen MR) is 71.5 cm³/mol. The lowest BCUT2D eigenvalue weighted by molar-refractivity contribution is -0.135. The molecule has 2 aromatic rings. The van der Waals surface area contributed by atoms with E-state index in [1.807, 2.05) is 48.5 Å². The highest BCUT2D eigenvalue weighted by molar-refractivity contribution is 5.77. The summed E-state index contributed by atoms with van der Waals surface area (Å²) >= 11 is 0. The van der Waals surface area contributed by atoms with Crippen LogP contribution in [0.3, 0.4) is 0 Å². The maximum atomic E-state index is 11.7. The number of rotatable bonds is 2. The molecule has 3 nitrogen and oxygen atoms in total. The Morgan fingerprint density at radius 3 is 2.84 bits per heavy atom. The Morgan fingerprint density at radius 2 is 2.00 bits per heavy atom. The van der Waals surface area contributed by atoms with E-state index in [0.29, 0.717) is 12.2 Å². The Hall–Kier alpha value is -2.29. The standard InChI is InChI=1S/C16H14O3/c1-18-12-6-4-5-11(9-12)14-10-16(17)19-15-8-3-2-7-13(14)15/h2-9,14H,10H2,1H3. The summed E-state index contributed by atoms with van der Waals surface area (Å²) in [7, 11) is 1.64. The van der Waals surface area contributed by atoms with Crippen molar-refractivity contribution in [2.75, 3.05) is 7.11 Å². The van der Waals surface area contributed by atoms with Gasteiger partial charge in [-0.3, -0.25) is 4.79 Å². The minimum Gasteiger partial charge on any atom is -0.497 e. The molecule has 0 bridgehead atoms. The van der Waals surface area contributed by atoms with Gasteiger partial charge in [-0.25, -0.2) is 0 Å². The summed E-state index contributed by atoms with van der Waals surface area (Å²) in [4.78, 5) is 11.7. The van der Waals surface area contributed by atoms with Gasteiger partial charge < -0.3 is 9.47 Å². The van der Waals surface area contributed by atoms with Crippen LogP contribution in [0.25, 0.3) is 0 Å². The van der Waals surface area contributed by atoms with E-state index < -0.39 is 0 Å². The minimum atomic E-state index is -0.188. The lowest BCUT2D eigenvalue weighted by atomic mass is 9.86. The predicted octanol–water partition coefficient (Wildman–Crippen LogP) is 3.14. The van der Waals surface area contributed by atoms with Gasteiger partial charge in [0, 0.05) is 11.5 Å². The van der Waals surface area contributed by atoms with Crippen molar-refractivity contribution in [2.24, 2.45) is 0 Å². The average molecular weight is 254 g/mol. The highest BCUT2D eigenvalue weighted by Gasteiger charge is 2.28. The van der Waals surface area contributed by atoms with Crippen molar-refractivity contribution in [3.63, 3.8) is 0 Å². The van der Waals surface area contributed by atoms with Crippen LogP contribution in [0.2, 0.25) is 0 Å².